The van der Waals surface area contributed by atoms with Crippen LogP contribution in [-0.4, -0.2) is 58.6 Å². The third-order valence-electron chi connectivity index (χ3n) is 5.10. The molecule has 1 aliphatic rings. The molecule has 8 nitrogen and oxygen atoms in total. The lowest BCUT2D eigenvalue weighted by Crippen LogP contribution is -2.61. The van der Waals surface area contributed by atoms with Gasteiger partial charge in [0.1, 0.15) is 11.3 Å². The molecule has 8 heteroatoms. The number of amides is 3. The third-order valence-corrected chi connectivity index (χ3v) is 5.10. The fourth-order valence-corrected chi connectivity index (χ4v) is 3.64. The van der Waals surface area contributed by atoms with E-state index in [1.165, 1.54) is 6.92 Å². The number of ether oxygens (including phenoxy) is 1. The first-order valence-electron chi connectivity index (χ1n) is 10.2. The number of hydrogen-bond acceptors (Lipinski definition) is 4. The van der Waals surface area contributed by atoms with Gasteiger partial charge in [-0.3, -0.25) is 9.59 Å². The molecular weight excluding hydrogens is 384 g/mol. The standard InChI is InChI=1S/C22H30N4O4/c1-13-6-7-16-15(10-13)11-18(23-16)20(28)24-17-8-9-26(14(2)27)12-19(17)25-21(29)30-22(3,4)5/h6-7,10-11,17,19,23H,8-9,12H2,1-5H3,(H,24,28)(H,25,29)/t17-,19-/m1/s1. The number of likely N-dealkylation sites (tertiary alicyclic amines) is 1. The second-order valence-electron chi connectivity index (χ2n) is 8.86. The minimum absolute atomic E-state index is 0.0678. The van der Waals surface area contributed by atoms with E-state index in [9.17, 15) is 14.4 Å². The maximum atomic E-state index is 12.9. The molecule has 2 heterocycles. The number of carbonyl (C=O) groups excluding carboxylic acids is 3. The highest BCUT2D eigenvalue weighted by atomic mass is 16.6. The zero-order chi connectivity index (χ0) is 22.1. The number of aromatic nitrogens is 1. The molecule has 162 valence electrons. The first kappa shape index (κ1) is 21.7. The molecule has 3 amide bonds. The maximum absolute atomic E-state index is 12.9. The molecule has 1 aliphatic heterocycles. The summed E-state index contributed by atoms with van der Waals surface area (Å²) in [5.74, 6) is -0.317. The number of carbonyl (C=O) groups is 3. The summed E-state index contributed by atoms with van der Waals surface area (Å²) in [5, 5.41) is 6.80. The van der Waals surface area contributed by atoms with Crippen molar-refractivity contribution in [1.29, 1.82) is 0 Å². The quantitative estimate of drug-likeness (QED) is 0.718. The molecule has 3 rings (SSSR count). The zero-order valence-electron chi connectivity index (χ0n) is 18.2. The van der Waals surface area contributed by atoms with Crippen LogP contribution < -0.4 is 10.6 Å². The van der Waals surface area contributed by atoms with Gasteiger partial charge >= 0.3 is 6.09 Å². The number of fused-ring (bicyclic) bond motifs is 1. The van der Waals surface area contributed by atoms with Gasteiger partial charge in [-0.15, -0.1) is 0 Å². The van der Waals surface area contributed by atoms with Gasteiger partial charge in [-0.1, -0.05) is 11.6 Å². The van der Waals surface area contributed by atoms with Gasteiger partial charge in [0.2, 0.25) is 5.91 Å². The van der Waals surface area contributed by atoms with E-state index in [4.69, 9.17) is 4.74 Å². The van der Waals surface area contributed by atoms with Crippen LogP contribution in [-0.2, 0) is 9.53 Å². The van der Waals surface area contributed by atoms with Crippen molar-refractivity contribution in [3.63, 3.8) is 0 Å². The minimum Gasteiger partial charge on any atom is -0.444 e. The summed E-state index contributed by atoms with van der Waals surface area (Å²) in [7, 11) is 0. The number of aromatic amines is 1. The van der Waals surface area contributed by atoms with Gasteiger partial charge in [0.15, 0.2) is 0 Å². The van der Waals surface area contributed by atoms with Gasteiger partial charge in [0.05, 0.1) is 12.1 Å². The van der Waals surface area contributed by atoms with Crippen molar-refractivity contribution in [3.8, 4) is 0 Å². The lowest BCUT2D eigenvalue weighted by atomic mass is 9.99. The van der Waals surface area contributed by atoms with Crippen molar-refractivity contribution in [2.75, 3.05) is 13.1 Å². The molecule has 1 saturated heterocycles. The molecule has 0 unspecified atom stereocenters. The highest BCUT2D eigenvalue weighted by Gasteiger charge is 2.34. The van der Waals surface area contributed by atoms with Gasteiger partial charge in [0, 0.05) is 30.9 Å². The fraction of sp³-hybridized carbons (Fsp3) is 0.500. The molecule has 2 aromatic rings. The Morgan fingerprint density at radius 3 is 2.53 bits per heavy atom. The number of nitrogens with one attached hydrogen (secondary N) is 3. The van der Waals surface area contributed by atoms with E-state index in [1.807, 2.05) is 31.2 Å². The molecule has 0 bridgehead atoms. The molecule has 30 heavy (non-hydrogen) atoms. The van der Waals surface area contributed by atoms with Crippen LogP contribution >= 0.6 is 0 Å². The van der Waals surface area contributed by atoms with E-state index in [2.05, 4.69) is 15.6 Å². The molecule has 0 aliphatic carbocycles. The lowest BCUT2D eigenvalue weighted by molar-refractivity contribution is -0.130. The van der Waals surface area contributed by atoms with E-state index in [0.29, 0.717) is 25.2 Å². The predicted molar refractivity (Wildman–Crippen MR) is 114 cm³/mol. The number of piperidine rings is 1. The normalized spacial score (nSPS) is 19.4. The van der Waals surface area contributed by atoms with Crippen LogP contribution in [0.25, 0.3) is 10.9 Å². The van der Waals surface area contributed by atoms with Gasteiger partial charge in [-0.25, -0.2) is 4.79 Å². The van der Waals surface area contributed by atoms with Crippen LogP contribution in [0.1, 0.15) is 50.2 Å². The van der Waals surface area contributed by atoms with Crippen LogP contribution in [0.4, 0.5) is 4.79 Å². The van der Waals surface area contributed by atoms with E-state index in [1.54, 1.807) is 25.7 Å². The summed E-state index contributed by atoms with van der Waals surface area (Å²) in [4.78, 5) is 41.8. The number of aryl methyl sites for hydroxylation is 1. The van der Waals surface area contributed by atoms with E-state index < -0.39 is 17.7 Å². The molecule has 3 N–H and O–H groups in total. The Labute approximate surface area is 176 Å². The molecule has 1 fully saturated rings. The maximum Gasteiger partial charge on any atom is 0.408 e. The van der Waals surface area contributed by atoms with Crippen molar-refractivity contribution < 1.29 is 19.1 Å². The second-order valence-corrected chi connectivity index (χ2v) is 8.86. The second kappa shape index (κ2) is 8.38. The Bertz CT molecular complexity index is 960. The Kier molecular flexibility index (Phi) is 6.05. The predicted octanol–water partition coefficient (Wildman–Crippen LogP) is 2.72. The number of hydrogen-bond donors (Lipinski definition) is 3. The SMILES string of the molecule is CC(=O)N1CC[C@@H](NC(=O)c2cc3cc(C)ccc3[nH]2)[C@H](NC(=O)OC(C)(C)C)C1. The van der Waals surface area contributed by atoms with Crippen molar-refractivity contribution in [2.45, 2.75) is 58.7 Å². The third kappa shape index (κ3) is 5.31. The minimum atomic E-state index is -0.639. The molecule has 0 radical (unpaired) electrons. The number of rotatable bonds is 3. The summed E-state index contributed by atoms with van der Waals surface area (Å²) in [6.45, 7) is 9.67. The van der Waals surface area contributed by atoms with Crippen molar-refractivity contribution in [1.82, 2.24) is 20.5 Å². The summed E-state index contributed by atoms with van der Waals surface area (Å²) >= 11 is 0. The smallest absolute Gasteiger partial charge is 0.408 e. The number of H-pyrrole nitrogens is 1. The Morgan fingerprint density at radius 1 is 1.13 bits per heavy atom. The van der Waals surface area contributed by atoms with Crippen molar-refractivity contribution >= 4 is 28.8 Å². The molecule has 2 atom stereocenters. The van der Waals surface area contributed by atoms with E-state index in [-0.39, 0.29) is 17.9 Å². The molecule has 0 saturated carbocycles. The molecular formula is C22H30N4O4. The van der Waals surface area contributed by atoms with Crippen LogP contribution in [0.2, 0.25) is 0 Å². The van der Waals surface area contributed by atoms with Gasteiger partial charge in [-0.05, 0) is 52.3 Å². The van der Waals surface area contributed by atoms with Crippen LogP contribution in [0.3, 0.4) is 0 Å². The number of alkyl carbamates (subject to hydrolysis) is 1. The number of nitrogens with zero attached hydrogens (tertiary/aromatic N) is 1. The molecule has 1 aromatic carbocycles. The van der Waals surface area contributed by atoms with E-state index >= 15 is 0 Å². The fourth-order valence-electron chi connectivity index (χ4n) is 3.64. The monoisotopic (exact) mass is 414 g/mol. The largest absolute Gasteiger partial charge is 0.444 e. The molecule has 0 spiro atoms. The lowest BCUT2D eigenvalue weighted by Gasteiger charge is -2.39. The topological polar surface area (TPSA) is 104 Å². The summed E-state index contributed by atoms with van der Waals surface area (Å²) < 4.78 is 5.35. The Hall–Kier alpha value is -3.03. The Morgan fingerprint density at radius 2 is 1.87 bits per heavy atom. The Balaban J connectivity index is 1.73. The average molecular weight is 415 g/mol. The highest BCUT2D eigenvalue weighted by molar-refractivity contribution is 5.98. The first-order chi connectivity index (χ1) is 14.0. The van der Waals surface area contributed by atoms with Crippen LogP contribution in [0.15, 0.2) is 24.3 Å². The van der Waals surface area contributed by atoms with Crippen LogP contribution in [0, 0.1) is 6.92 Å². The zero-order valence-corrected chi connectivity index (χ0v) is 18.2. The van der Waals surface area contributed by atoms with Gasteiger partial charge in [0.25, 0.3) is 5.91 Å². The average Bonchev–Trinajstić information content (AvgIpc) is 3.04. The van der Waals surface area contributed by atoms with Crippen molar-refractivity contribution in [2.24, 2.45) is 0 Å². The van der Waals surface area contributed by atoms with Crippen LogP contribution in [0.5, 0.6) is 0 Å². The highest BCUT2D eigenvalue weighted by Crippen LogP contribution is 2.18. The summed E-state index contributed by atoms with van der Waals surface area (Å²) in [6, 6.07) is 6.99. The molecule has 1 aromatic heterocycles. The van der Waals surface area contributed by atoms with Crippen molar-refractivity contribution in [3.05, 3.63) is 35.5 Å². The number of benzene rings is 1. The van der Waals surface area contributed by atoms with E-state index in [0.717, 1.165) is 16.5 Å². The van der Waals surface area contributed by atoms with Gasteiger partial charge < -0.3 is 25.3 Å². The summed E-state index contributed by atoms with van der Waals surface area (Å²) in [6.07, 6.45) is -0.0382. The van der Waals surface area contributed by atoms with Gasteiger partial charge in [-0.2, -0.15) is 0 Å². The summed E-state index contributed by atoms with van der Waals surface area (Å²) in [5.41, 5.74) is 1.83. The first-order valence-corrected chi connectivity index (χ1v) is 10.2.